The molecule has 1 aromatic rings. The zero-order valence-electron chi connectivity index (χ0n) is 19.8. The van der Waals surface area contributed by atoms with Crippen molar-refractivity contribution in [3.8, 4) is 0 Å². The van der Waals surface area contributed by atoms with E-state index in [1.165, 1.54) is 23.7 Å². The molecule has 1 amide bonds. The highest BCUT2D eigenvalue weighted by atomic mass is 32.2. The molecule has 0 saturated carbocycles. The smallest absolute Gasteiger partial charge is 0.341 e. The van der Waals surface area contributed by atoms with Crippen LogP contribution in [-0.2, 0) is 19.1 Å². The number of rotatable bonds is 11. The largest absolute Gasteiger partial charge is 0.485 e. The Morgan fingerprint density at radius 3 is 2.38 bits per heavy atom. The van der Waals surface area contributed by atoms with Crippen LogP contribution in [0.5, 0.6) is 0 Å². The van der Waals surface area contributed by atoms with Crippen molar-refractivity contribution in [1.82, 2.24) is 4.72 Å². The van der Waals surface area contributed by atoms with Gasteiger partial charge < -0.3 is 9.84 Å². The molecule has 0 saturated heterocycles. The second-order valence-corrected chi connectivity index (χ2v) is 10.2. The highest BCUT2D eigenvalue weighted by molar-refractivity contribution is 8.01. The molecule has 0 spiro atoms. The number of ketones is 1. The van der Waals surface area contributed by atoms with E-state index in [0.29, 0.717) is 34.9 Å². The van der Waals surface area contributed by atoms with Gasteiger partial charge >= 0.3 is 5.97 Å². The molecule has 0 fully saturated rings. The lowest BCUT2D eigenvalue weighted by Crippen LogP contribution is -2.55. The highest BCUT2D eigenvalue weighted by Gasteiger charge is 2.48. The second-order valence-electron chi connectivity index (χ2n) is 8.39. The molecule has 3 rings (SSSR count). The van der Waals surface area contributed by atoms with Crippen LogP contribution in [0.3, 0.4) is 0 Å². The first-order valence-electron chi connectivity index (χ1n) is 11.6. The zero-order valence-corrected chi connectivity index (χ0v) is 21.5. The van der Waals surface area contributed by atoms with Gasteiger partial charge in [0.15, 0.2) is 6.61 Å². The van der Waals surface area contributed by atoms with Crippen LogP contribution in [0.1, 0.15) is 52.4 Å². The Bertz CT molecular complexity index is 969. The number of para-hydroxylation sites is 1. The van der Waals surface area contributed by atoms with Crippen LogP contribution in [-0.4, -0.2) is 46.4 Å². The Morgan fingerprint density at radius 2 is 1.82 bits per heavy atom. The number of Topliss-reactive ketones (excluding diaryl/α,β-unsaturated/α-hetero) is 1. The van der Waals surface area contributed by atoms with Crippen LogP contribution in [0, 0.1) is 0 Å². The van der Waals surface area contributed by atoms with Crippen LogP contribution < -0.4 is 9.62 Å². The predicted molar refractivity (Wildman–Crippen MR) is 137 cm³/mol. The number of carbonyl (C=O) groups excluding carboxylic acids is 2. The molecular formula is C25H32N2O5S2. The third-order valence-corrected chi connectivity index (χ3v) is 7.90. The molecule has 1 atom stereocenters. The van der Waals surface area contributed by atoms with Gasteiger partial charge in [0.25, 0.3) is 5.91 Å². The molecule has 1 unspecified atom stereocenters. The lowest BCUT2D eigenvalue weighted by atomic mass is 9.86. The first kappa shape index (κ1) is 26.4. The average Bonchev–Trinajstić information content (AvgIpc) is 2.96. The maximum atomic E-state index is 14.3. The number of carbonyl (C=O) groups is 3. The van der Waals surface area contributed by atoms with Crippen molar-refractivity contribution in [2.45, 2.75) is 63.2 Å². The summed E-state index contributed by atoms with van der Waals surface area (Å²) in [7, 11) is 0. The number of allylic oxidation sites excluding steroid dienone is 2. The number of carboxylic acids is 1. The molecule has 0 radical (unpaired) electrons. The summed E-state index contributed by atoms with van der Waals surface area (Å²) in [5, 5.41) is 8.35. The van der Waals surface area contributed by atoms with Crippen molar-refractivity contribution >= 4 is 47.1 Å². The third-order valence-electron chi connectivity index (χ3n) is 5.96. The molecule has 34 heavy (non-hydrogen) atoms. The minimum absolute atomic E-state index is 0.130. The number of thioether (sulfide) groups is 1. The highest BCUT2D eigenvalue weighted by Crippen LogP contribution is 2.42. The second kappa shape index (κ2) is 12.0. The number of nitrogens with zero attached hydrogens (tertiary/aromatic N) is 1. The van der Waals surface area contributed by atoms with Gasteiger partial charge in [-0.1, -0.05) is 57.7 Å². The number of nitrogens with one attached hydrogen (secondary N) is 1. The zero-order chi connectivity index (χ0) is 24.7. The Hall–Kier alpha value is -2.23. The topological polar surface area (TPSA) is 95.9 Å². The van der Waals surface area contributed by atoms with Gasteiger partial charge in [-0.25, -0.2) is 9.52 Å². The summed E-state index contributed by atoms with van der Waals surface area (Å²) in [5.41, 5.74) is 0.123. The number of hydrogen-bond donors (Lipinski definition) is 2. The van der Waals surface area contributed by atoms with E-state index in [-0.39, 0.29) is 11.7 Å². The molecule has 7 nitrogen and oxygen atoms in total. The van der Waals surface area contributed by atoms with Crippen molar-refractivity contribution in [1.29, 1.82) is 0 Å². The van der Waals surface area contributed by atoms with Crippen molar-refractivity contribution < 1.29 is 24.2 Å². The Labute approximate surface area is 209 Å². The van der Waals surface area contributed by atoms with E-state index in [9.17, 15) is 14.4 Å². The van der Waals surface area contributed by atoms with Gasteiger partial charge in [-0.15, -0.1) is 11.8 Å². The van der Waals surface area contributed by atoms with Gasteiger partial charge in [0.05, 0.1) is 4.91 Å². The Balaban J connectivity index is 2.16. The Kier molecular flexibility index (Phi) is 9.27. The molecule has 1 aliphatic heterocycles. The molecule has 2 N–H and O–H groups in total. The molecule has 9 heteroatoms. The van der Waals surface area contributed by atoms with Crippen LogP contribution in [0.2, 0.25) is 0 Å². The van der Waals surface area contributed by atoms with Crippen molar-refractivity contribution in [3.63, 3.8) is 0 Å². The summed E-state index contributed by atoms with van der Waals surface area (Å²) >= 11 is 2.53. The fourth-order valence-corrected chi connectivity index (χ4v) is 5.92. The molecule has 184 valence electrons. The van der Waals surface area contributed by atoms with Crippen molar-refractivity contribution in [2.75, 3.05) is 17.8 Å². The lowest BCUT2D eigenvalue weighted by Gasteiger charge is -2.36. The van der Waals surface area contributed by atoms with Gasteiger partial charge in [-0.05, 0) is 49.3 Å². The number of unbranched alkanes of at least 4 members (excludes halogenated alkanes) is 2. The summed E-state index contributed by atoms with van der Waals surface area (Å²) in [5.74, 6) is -1.21. The van der Waals surface area contributed by atoms with Crippen molar-refractivity contribution in [3.05, 3.63) is 52.8 Å². The minimum atomic E-state index is -1.11. The number of aliphatic carboxylic acids is 1. The molecule has 0 bridgehead atoms. The standard InChI is InChI=1S/C25H32N2O5S2/c1-4-6-13-25(14-7-5-2)24(31)27(17-11-9-8-10-12-17)21-19(34-26-25)15-18(32-16-20(28)29)23(33-3)22(21)30/h8-12,15,23,26H,4-7,13-14,16H2,1-3H3,(H,28,29). The SMILES string of the molecule is CCCCC1(CCCC)NSC2=C(C(=O)C(SC)C(OCC(=O)O)=C2)N(c2ccccc2)C1=O. The van der Waals surface area contributed by atoms with E-state index >= 15 is 0 Å². The third kappa shape index (κ3) is 5.53. The normalized spacial score (nSPS) is 20.0. The van der Waals surface area contributed by atoms with E-state index in [2.05, 4.69) is 18.6 Å². The van der Waals surface area contributed by atoms with E-state index in [0.717, 1.165) is 25.7 Å². The quantitative estimate of drug-likeness (QED) is 0.411. The number of amides is 1. The minimum Gasteiger partial charge on any atom is -0.485 e. The van der Waals surface area contributed by atoms with Gasteiger partial charge in [0.2, 0.25) is 5.78 Å². The number of carboxylic acid groups (broad SMARTS) is 1. The average molecular weight is 505 g/mol. The van der Waals surface area contributed by atoms with E-state index in [4.69, 9.17) is 9.84 Å². The summed E-state index contributed by atoms with van der Waals surface area (Å²) in [6.45, 7) is 3.66. The fraction of sp³-hybridized carbons (Fsp3) is 0.480. The van der Waals surface area contributed by atoms with Gasteiger partial charge in [0, 0.05) is 5.69 Å². The van der Waals surface area contributed by atoms with Crippen LogP contribution in [0.4, 0.5) is 5.69 Å². The monoisotopic (exact) mass is 504 g/mol. The van der Waals surface area contributed by atoms with Crippen LogP contribution in [0.15, 0.2) is 52.8 Å². The van der Waals surface area contributed by atoms with E-state index < -0.39 is 23.4 Å². The molecule has 1 aromatic carbocycles. The summed E-state index contributed by atoms with van der Waals surface area (Å²) in [6.07, 6.45) is 8.45. The summed E-state index contributed by atoms with van der Waals surface area (Å²) < 4.78 is 8.94. The summed E-state index contributed by atoms with van der Waals surface area (Å²) in [4.78, 5) is 41.3. The number of anilines is 1. The Morgan fingerprint density at radius 1 is 1.18 bits per heavy atom. The van der Waals surface area contributed by atoms with E-state index in [1.807, 2.05) is 30.3 Å². The number of ether oxygens (including phenoxy) is 1. The molecule has 1 aliphatic carbocycles. The molecule has 2 aliphatic rings. The van der Waals surface area contributed by atoms with Gasteiger partial charge in [-0.3, -0.25) is 14.5 Å². The summed E-state index contributed by atoms with van der Waals surface area (Å²) in [6, 6.07) is 9.25. The molecule has 0 aromatic heterocycles. The van der Waals surface area contributed by atoms with Gasteiger partial charge in [-0.2, -0.15) is 0 Å². The number of hydrogen-bond acceptors (Lipinski definition) is 7. The first-order chi connectivity index (χ1) is 16.4. The maximum Gasteiger partial charge on any atom is 0.341 e. The lowest BCUT2D eigenvalue weighted by molar-refractivity contribution is -0.141. The van der Waals surface area contributed by atoms with E-state index in [1.54, 1.807) is 17.2 Å². The predicted octanol–water partition coefficient (Wildman–Crippen LogP) is 4.90. The van der Waals surface area contributed by atoms with Gasteiger partial charge in [0.1, 0.15) is 22.2 Å². The van der Waals surface area contributed by atoms with Crippen molar-refractivity contribution in [2.24, 2.45) is 0 Å². The number of benzene rings is 1. The maximum absolute atomic E-state index is 14.3. The van der Waals surface area contributed by atoms with Crippen LogP contribution in [0.25, 0.3) is 0 Å². The van der Waals surface area contributed by atoms with Crippen LogP contribution >= 0.6 is 23.7 Å². The molecule has 1 heterocycles. The molecular weight excluding hydrogens is 472 g/mol. The first-order valence-corrected chi connectivity index (χ1v) is 13.7. The fourth-order valence-electron chi connectivity index (χ4n) is 4.17.